The number of unbranched alkanes of at least 4 members (excludes halogenated alkanes) is 27. The summed E-state index contributed by atoms with van der Waals surface area (Å²) in [5, 5.41) is 0. The summed E-state index contributed by atoms with van der Waals surface area (Å²) in [5.41, 5.74) is 0.769. The van der Waals surface area contributed by atoms with Gasteiger partial charge in [-0.1, -0.05) is 194 Å². The monoisotopic (exact) mass is 743 g/mol. The van der Waals surface area contributed by atoms with E-state index >= 15 is 0 Å². The highest BCUT2D eigenvalue weighted by Crippen LogP contribution is 2.39. The summed E-state index contributed by atoms with van der Waals surface area (Å²) in [6, 6.07) is 3.99. The van der Waals surface area contributed by atoms with Gasteiger partial charge in [-0.3, -0.25) is 0 Å². The molecule has 0 aliphatic carbocycles. The summed E-state index contributed by atoms with van der Waals surface area (Å²) in [6.07, 6.45) is 41.7. The van der Waals surface area contributed by atoms with Crippen molar-refractivity contribution < 1.29 is 23.7 Å². The van der Waals surface area contributed by atoms with E-state index in [0.717, 1.165) is 42.7 Å². The molecule has 53 heavy (non-hydrogen) atoms. The first-order valence-corrected chi connectivity index (χ1v) is 23.0. The van der Waals surface area contributed by atoms with Gasteiger partial charge in [-0.2, -0.15) is 0 Å². The van der Waals surface area contributed by atoms with Gasteiger partial charge < -0.3 is 18.9 Å². The number of hydrogen-bond acceptors (Lipinski definition) is 5. The zero-order valence-corrected chi connectivity index (χ0v) is 35.8. The van der Waals surface area contributed by atoms with E-state index in [0.29, 0.717) is 25.6 Å². The second kappa shape index (κ2) is 36.8. The van der Waals surface area contributed by atoms with Crippen LogP contribution in [0.3, 0.4) is 0 Å². The number of carbonyl (C=O) groups excluding carboxylic acids is 1. The number of hydrogen-bond donors (Lipinski definition) is 0. The Labute approximate surface area is 329 Å². The molecule has 1 aromatic rings. The smallest absolute Gasteiger partial charge is 0.331 e. The van der Waals surface area contributed by atoms with Crippen molar-refractivity contribution in [2.75, 3.05) is 19.8 Å². The lowest BCUT2D eigenvalue weighted by Gasteiger charge is -2.19. The lowest BCUT2D eigenvalue weighted by molar-refractivity contribution is -0.141. The molecule has 0 spiro atoms. The Balaban J connectivity index is 2.85. The molecule has 0 bridgehead atoms. The molecular weight excluding hydrogens is 657 g/mol. The predicted molar refractivity (Wildman–Crippen MR) is 229 cm³/mol. The molecule has 0 heterocycles. The largest absolute Gasteiger partial charge is 0.493 e. The summed E-state index contributed by atoms with van der Waals surface area (Å²) in [6.45, 7) is 12.5. The van der Waals surface area contributed by atoms with Crippen molar-refractivity contribution in [3.05, 3.63) is 23.8 Å². The van der Waals surface area contributed by atoms with E-state index in [9.17, 15) is 4.79 Å². The van der Waals surface area contributed by atoms with Crippen LogP contribution < -0.4 is 14.2 Å². The van der Waals surface area contributed by atoms with Gasteiger partial charge in [-0.25, -0.2) is 4.79 Å². The molecule has 0 radical (unpaired) electrons. The van der Waals surface area contributed by atoms with Crippen molar-refractivity contribution in [3.63, 3.8) is 0 Å². The molecule has 5 nitrogen and oxygen atoms in total. The van der Waals surface area contributed by atoms with Crippen molar-refractivity contribution in [1.29, 1.82) is 0 Å². The number of esters is 1. The SMILES string of the molecule is CCCCCCCCCCCCOc1ccc(OCCCCCCCCCCCC)c(OCCCCCCCCCCCC)c1C=CC(=O)OC(C)C. The molecule has 0 aromatic heterocycles. The highest BCUT2D eigenvalue weighted by molar-refractivity contribution is 5.88. The minimum Gasteiger partial charge on any atom is -0.493 e. The number of ether oxygens (including phenoxy) is 4. The van der Waals surface area contributed by atoms with E-state index in [4.69, 9.17) is 18.9 Å². The number of rotatable bonds is 39. The Morgan fingerprint density at radius 3 is 1.17 bits per heavy atom. The lowest BCUT2D eigenvalue weighted by Crippen LogP contribution is -2.09. The molecule has 5 heteroatoms. The van der Waals surface area contributed by atoms with Gasteiger partial charge in [-0.15, -0.1) is 0 Å². The maximum absolute atomic E-state index is 12.6. The topological polar surface area (TPSA) is 54.0 Å². The Kier molecular flexibility index (Phi) is 33.9. The first kappa shape index (κ1) is 48.8. The molecular formula is C48H86O5. The third-order valence-corrected chi connectivity index (χ3v) is 10.1. The standard InChI is InChI=1S/C48H86O5/c1-6-9-12-15-18-21-24-27-30-33-40-50-45-37-38-46(51-41-34-31-28-25-22-19-16-13-10-7-2)48(44(45)36-39-47(49)53-43(4)5)52-42-35-32-29-26-23-20-17-14-11-8-3/h36-39,43H,6-35,40-42H2,1-5H3. The summed E-state index contributed by atoms with van der Waals surface area (Å²) < 4.78 is 24.8. The predicted octanol–water partition coefficient (Wildman–Crippen LogP) is 15.6. The van der Waals surface area contributed by atoms with Gasteiger partial charge in [0.1, 0.15) is 5.75 Å². The van der Waals surface area contributed by atoms with Crippen molar-refractivity contribution in [2.24, 2.45) is 0 Å². The van der Waals surface area contributed by atoms with Crippen LogP contribution in [0.15, 0.2) is 18.2 Å². The van der Waals surface area contributed by atoms with E-state index < -0.39 is 0 Å². The third-order valence-electron chi connectivity index (χ3n) is 10.1. The summed E-state index contributed by atoms with van der Waals surface area (Å²) in [5.74, 6) is 1.79. The molecule has 0 unspecified atom stereocenters. The highest BCUT2D eigenvalue weighted by Gasteiger charge is 2.17. The molecule has 0 atom stereocenters. The summed E-state index contributed by atoms with van der Waals surface area (Å²) in [4.78, 5) is 12.6. The van der Waals surface area contributed by atoms with Crippen LogP contribution in [-0.4, -0.2) is 31.9 Å². The summed E-state index contributed by atoms with van der Waals surface area (Å²) >= 11 is 0. The first-order chi connectivity index (χ1) is 26.0. The fourth-order valence-electron chi connectivity index (χ4n) is 6.84. The Bertz CT molecular complexity index is 986. The Morgan fingerprint density at radius 1 is 0.472 bits per heavy atom. The molecule has 0 saturated heterocycles. The number of benzene rings is 1. The van der Waals surface area contributed by atoms with Gasteiger partial charge in [0.2, 0.25) is 0 Å². The molecule has 308 valence electrons. The van der Waals surface area contributed by atoms with Gasteiger partial charge >= 0.3 is 5.97 Å². The van der Waals surface area contributed by atoms with Crippen molar-refractivity contribution in [3.8, 4) is 17.2 Å². The summed E-state index contributed by atoms with van der Waals surface area (Å²) in [7, 11) is 0. The van der Waals surface area contributed by atoms with Crippen LogP contribution in [0.2, 0.25) is 0 Å². The van der Waals surface area contributed by atoms with E-state index in [1.165, 1.54) is 173 Å². The maximum Gasteiger partial charge on any atom is 0.331 e. The van der Waals surface area contributed by atoms with Crippen molar-refractivity contribution >= 4 is 12.0 Å². The second-order valence-electron chi connectivity index (χ2n) is 15.7. The molecule has 0 saturated carbocycles. The minimum atomic E-state index is -0.363. The van der Waals surface area contributed by atoms with Crippen LogP contribution in [0, 0.1) is 0 Å². The molecule has 0 aliphatic heterocycles. The Hall–Kier alpha value is -2.17. The molecule has 0 fully saturated rings. The van der Waals surface area contributed by atoms with Crippen molar-refractivity contribution in [2.45, 2.75) is 233 Å². The van der Waals surface area contributed by atoms with E-state index in [2.05, 4.69) is 20.8 Å². The minimum absolute atomic E-state index is 0.179. The first-order valence-electron chi connectivity index (χ1n) is 23.0. The lowest BCUT2D eigenvalue weighted by atomic mass is 10.1. The quantitative estimate of drug-likeness (QED) is 0.0382. The molecule has 1 aromatic carbocycles. The van der Waals surface area contributed by atoms with Crippen LogP contribution in [0.4, 0.5) is 0 Å². The normalized spacial score (nSPS) is 11.5. The molecule has 1 rings (SSSR count). The van der Waals surface area contributed by atoms with E-state index in [1.807, 2.05) is 26.0 Å². The second-order valence-corrected chi connectivity index (χ2v) is 15.7. The highest BCUT2D eigenvalue weighted by atomic mass is 16.5. The van der Waals surface area contributed by atoms with Crippen LogP contribution in [0.5, 0.6) is 17.2 Å². The van der Waals surface area contributed by atoms with Gasteiger partial charge in [0.05, 0.1) is 31.5 Å². The average Bonchev–Trinajstić information content (AvgIpc) is 3.14. The van der Waals surface area contributed by atoms with E-state index in [-0.39, 0.29) is 12.1 Å². The zero-order valence-electron chi connectivity index (χ0n) is 35.8. The Morgan fingerprint density at radius 2 is 0.792 bits per heavy atom. The zero-order chi connectivity index (χ0) is 38.5. The van der Waals surface area contributed by atoms with Gasteiger partial charge in [0.25, 0.3) is 0 Å². The number of carbonyl (C=O) groups is 1. The van der Waals surface area contributed by atoms with Crippen LogP contribution in [-0.2, 0) is 9.53 Å². The van der Waals surface area contributed by atoms with Crippen molar-refractivity contribution in [1.82, 2.24) is 0 Å². The van der Waals surface area contributed by atoms with Gasteiger partial charge in [0.15, 0.2) is 11.5 Å². The molecule has 0 N–H and O–H groups in total. The average molecular weight is 743 g/mol. The van der Waals surface area contributed by atoms with Gasteiger partial charge in [0, 0.05) is 6.08 Å². The third kappa shape index (κ3) is 28.9. The maximum atomic E-state index is 12.6. The van der Waals surface area contributed by atoms with E-state index in [1.54, 1.807) is 6.08 Å². The van der Waals surface area contributed by atoms with Crippen LogP contribution >= 0.6 is 0 Å². The van der Waals surface area contributed by atoms with Crippen LogP contribution in [0.1, 0.15) is 233 Å². The molecule has 0 amide bonds. The fourth-order valence-corrected chi connectivity index (χ4v) is 6.84. The van der Waals surface area contributed by atoms with Gasteiger partial charge in [-0.05, 0) is 51.3 Å². The van der Waals surface area contributed by atoms with Crippen LogP contribution in [0.25, 0.3) is 6.08 Å². The molecule has 0 aliphatic rings. The fraction of sp³-hybridized carbons (Fsp3) is 0.812.